The first kappa shape index (κ1) is 18.0. The fraction of sp³-hybridized carbons (Fsp3) is 0.167. The third-order valence-corrected chi connectivity index (χ3v) is 3.08. The van der Waals surface area contributed by atoms with Crippen LogP contribution in [0.2, 0.25) is 0 Å². The van der Waals surface area contributed by atoms with Crippen molar-refractivity contribution in [1.29, 1.82) is 5.26 Å². The lowest BCUT2D eigenvalue weighted by molar-refractivity contribution is -0.116. The maximum absolute atomic E-state index is 12.1. The Balaban J connectivity index is 1.99. The summed E-state index contributed by atoms with van der Waals surface area (Å²) < 4.78 is 5.10. The van der Waals surface area contributed by atoms with E-state index in [0.29, 0.717) is 17.1 Å². The van der Waals surface area contributed by atoms with E-state index in [1.807, 2.05) is 6.07 Å². The number of amides is 2. The summed E-state index contributed by atoms with van der Waals surface area (Å²) in [7, 11) is 3.61. The van der Waals surface area contributed by atoms with E-state index in [4.69, 9.17) is 9.68 Å². The van der Waals surface area contributed by atoms with E-state index < -0.39 is 5.91 Å². The second-order valence-electron chi connectivity index (χ2n) is 5.50. The van der Waals surface area contributed by atoms with Crippen LogP contribution in [0.5, 0.6) is 0 Å². The normalized spacial score (nSPS) is 11.0. The maximum atomic E-state index is 12.1. The molecule has 0 atom stereocenters. The first-order chi connectivity index (χ1) is 12.0. The summed E-state index contributed by atoms with van der Waals surface area (Å²) in [5, 5.41) is 14.5. The molecule has 0 saturated heterocycles. The van der Waals surface area contributed by atoms with Gasteiger partial charge in [0.25, 0.3) is 5.91 Å². The molecular formula is C18H18N4O3. The van der Waals surface area contributed by atoms with Crippen LogP contribution in [0.1, 0.15) is 5.76 Å². The zero-order chi connectivity index (χ0) is 18.2. The fourth-order valence-corrected chi connectivity index (χ4v) is 1.99. The number of nitrogens with zero attached hydrogens (tertiary/aromatic N) is 2. The number of hydrogen-bond acceptors (Lipinski definition) is 5. The predicted molar refractivity (Wildman–Crippen MR) is 94.6 cm³/mol. The van der Waals surface area contributed by atoms with Crippen molar-refractivity contribution in [1.82, 2.24) is 4.90 Å². The molecular weight excluding hydrogens is 320 g/mol. The number of anilines is 2. The van der Waals surface area contributed by atoms with E-state index in [9.17, 15) is 9.59 Å². The minimum absolute atomic E-state index is 0.0710. The van der Waals surface area contributed by atoms with Crippen LogP contribution in [0.3, 0.4) is 0 Å². The molecule has 1 aromatic heterocycles. The van der Waals surface area contributed by atoms with Crippen LogP contribution in [0.25, 0.3) is 6.08 Å². The highest BCUT2D eigenvalue weighted by molar-refractivity contribution is 6.09. The zero-order valence-electron chi connectivity index (χ0n) is 13.9. The van der Waals surface area contributed by atoms with Crippen LogP contribution >= 0.6 is 0 Å². The zero-order valence-corrected chi connectivity index (χ0v) is 13.9. The van der Waals surface area contributed by atoms with Crippen LogP contribution in [0.4, 0.5) is 11.4 Å². The van der Waals surface area contributed by atoms with Crippen molar-refractivity contribution in [2.45, 2.75) is 0 Å². The van der Waals surface area contributed by atoms with E-state index in [1.165, 1.54) is 12.3 Å². The highest BCUT2D eigenvalue weighted by Gasteiger charge is 2.10. The molecule has 2 rings (SSSR count). The van der Waals surface area contributed by atoms with E-state index in [0.717, 1.165) is 0 Å². The lowest BCUT2D eigenvalue weighted by atomic mass is 10.2. The molecule has 7 heteroatoms. The highest BCUT2D eigenvalue weighted by atomic mass is 16.3. The summed E-state index contributed by atoms with van der Waals surface area (Å²) in [6, 6.07) is 11.8. The molecule has 0 radical (unpaired) electrons. The molecule has 0 aliphatic carbocycles. The molecule has 2 N–H and O–H groups in total. The number of nitriles is 1. The smallest absolute Gasteiger partial charge is 0.266 e. The van der Waals surface area contributed by atoms with Gasteiger partial charge in [0.15, 0.2) is 0 Å². The highest BCUT2D eigenvalue weighted by Crippen LogP contribution is 2.15. The lowest BCUT2D eigenvalue weighted by Gasteiger charge is -2.10. The first-order valence-corrected chi connectivity index (χ1v) is 7.49. The Labute approximate surface area is 145 Å². The van der Waals surface area contributed by atoms with E-state index in [-0.39, 0.29) is 18.0 Å². The van der Waals surface area contributed by atoms with Crippen molar-refractivity contribution >= 4 is 29.3 Å². The lowest BCUT2D eigenvalue weighted by Crippen LogP contribution is -2.27. The van der Waals surface area contributed by atoms with Crippen LogP contribution in [-0.2, 0) is 9.59 Å². The van der Waals surface area contributed by atoms with Crippen molar-refractivity contribution in [2.75, 3.05) is 31.3 Å². The quantitative estimate of drug-likeness (QED) is 0.622. The van der Waals surface area contributed by atoms with Gasteiger partial charge in [0.1, 0.15) is 17.4 Å². The molecule has 25 heavy (non-hydrogen) atoms. The minimum Gasteiger partial charge on any atom is -0.465 e. The number of likely N-dealkylation sites (N-methyl/N-ethyl adjacent to an activating group) is 1. The Hall–Kier alpha value is -3.37. The van der Waals surface area contributed by atoms with Gasteiger partial charge in [-0.25, -0.2) is 0 Å². The Bertz CT molecular complexity index is 800. The molecule has 2 amide bonds. The van der Waals surface area contributed by atoms with Crippen molar-refractivity contribution in [2.24, 2.45) is 0 Å². The molecule has 0 bridgehead atoms. The summed E-state index contributed by atoms with van der Waals surface area (Å²) in [6.45, 7) is 0.279. The summed E-state index contributed by atoms with van der Waals surface area (Å²) >= 11 is 0. The molecule has 0 aliphatic rings. The van der Waals surface area contributed by atoms with Gasteiger partial charge in [0, 0.05) is 17.5 Å². The Kier molecular flexibility index (Phi) is 6.09. The number of carbonyl (C=O) groups excluding carboxylic acids is 2. The van der Waals surface area contributed by atoms with Crippen molar-refractivity contribution < 1.29 is 14.0 Å². The Morgan fingerprint density at radius 1 is 1.16 bits per heavy atom. The van der Waals surface area contributed by atoms with Crippen LogP contribution < -0.4 is 10.6 Å². The molecule has 7 nitrogen and oxygen atoms in total. The van der Waals surface area contributed by atoms with Crippen molar-refractivity contribution in [3.63, 3.8) is 0 Å². The van der Waals surface area contributed by atoms with Gasteiger partial charge in [0.2, 0.25) is 5.91 Å². The predicted octanol–water partition coefficient (Wildman–Crippen LogP) is 2.33. The summed E-state index contributed by atoms with van der Waals surface area (Å²) in [6.07, 6.45) is 2.83. The van der Waals surface area contributed by atoms with Crippen molar-refractivity contribution in [3.8, 4) is 6.07 Å². The molecule has 1 aromatic carbocycles. The first-order valence-electron chi connectivity index (χ1n) is 7.49. The minimum atomic E-state index is -0.539. The Morgan fingerprint density at radius 2 is 1.80 bits per heavy atom. The molecule has 0 aliphatic heterocycles. The monoisotopic (exact) mass is 338 g/mol. The van der Waals surface area contributed by atoms with Gasteiger partial charge in [-0.2, -0.15) is 5.26 Å². The summed E-state index contributed by atoms with van der Waals surface area (Å²) in [4.78, 5) is 25.6. The number of hydrogen-bond donors (Lipinski definition) is 2. The van der Waals surface area contributed by atoms with Gasteiger partial charge in [-0.3, -0.25) is 9.59 Å². The number of benzene rings is 1. The van der Waals surface area contributed by atoms with Gasteiger partial charge in [-0.15, -0.1) is 0 Å². The molecule has 2 aromatic rings. The summed E-state index contributed by atoms with van der Waals surface area (Å²) in [5.74, 6) is -0.246. The second-order valence-corrected chi connectivity index (χ2v) is 5.50. The van der Waals surface area contributed by atoms with Gasteiger partial charge >= 0.3 is 0 Å². The van der Waals surface area contributed by atoms with Crippen LogP contribution in [0.15, 0.2) is 52.7 Å². The molecule has 0 spiro atoms. The SMILES string of the molecule is CN(C)CC(=O)Nc1ccc(NC(=O)C(C#N)=Cc2ccco2)cc1. The molecule has 0 fully saturated rings. The average Bonchev–Trinajstić information content (AvgIpc) is 3.06. The van der Waals surface area contributed by atoms with Gasteiger partial charge in [0.05, 0.1) is 12.8 Å². The average molecular weight is 338 g/mol. The van der Waals surface area contributed by atoms with Gasteiger partial charge < -0.3 is 20.0 Å². The number of carbonyl (C=O) groups is 2. The number of furan rings is 1. The molecule has 0 unspecified atom stereocenters. The number of rotatable bonds is 6. The van der Waals surface area contributed by atoms with Crippen molar-refractivity contribution in [3.05, 3.63) is 54.0 Å². The van der Waals surface area contributed by atoms with Gasteiger partial charge in [-0.05, 0) is 50.5 Å². The third-order valence-electron chi connectivity index (χ3n) is 3.08. The maximum Gasteiger partial charge on any atom is 0.266 e. The largest absolute Gasteiger partial charge is 0.465 e. The van der Waals surface area contributed by atoms with Crippen LogP contribution in [0, 0.1) is 11.3 Å². The van der Waals surface area contributed by atoms with E-state index in [2.05, 4.69) is 10.6 Å². The molecule has 1 heterocycles. The molecule has 0 saturated carbocycles. The third kappa shape index (κ3) is 5.64. The van der Waals surface area contributed by atoms with E-state index >= 15 is 0 Å². The standard InChI is InChI=1S/C18H18N4O3/c1-22(2)12-17(23)20-14-5-7-15(8-6-14)21-18(24)13(11-19)10-16-4-3-9-25-16/h3-10H,12H2,1-2H3,(H,20,23)(H,21,24). The number of nitrogens with one attached hydrogen (secondary N) is 2. The Morgan fingerprint density at radius 3 is 2.32 bits per heavy atom. The summed E-state index contributed by atoms with van der Waals surface area (Å²) in [5.41, 5.74) is 1.06. The van der Waals surface area contributed by atoms with Crippen LogP contribution in [-0.4, -0.2) is 37.4 Å². The van der Waals surface area contributed by atoms with E-state index in [1.54, 1.807) is 55.4 Å². The second kappa shape index (κ2) is 8.47. The van der Waals surface area contributed by atoms with Gasteiger partial charge in [-0.1, -0.05) is 0 Å². The fourth-order valence-electron chi connectivity index (χ4n) is 1.99. The topological polar surface area (TPSA) is 98.4 Å². The molecule has 128 valence electrons.